The minimum atomic E-state index is -0.127. The second-order valence-corrected chi connectivity index (χ2v) is 7.10. The molecule has 0 aromatic heterocycles. The molecule has 2 heteroatoms. The van der Waals surface area contributed by atoms with Crippen molar-refractivity contribution in [1.29, 1.82) is 5.26 Å². The Hall–Kier alpha value is -0.550. The van der Waals surface area contributed by atoms with Crippen LogP contribution in [0.3, 0.4) is 0 Å². The summed E-state index contributed by atoms with van der Waals surface area (Å²) in [4.78, 5) is 2.70. The molecule has 0 N–H and O–H groups in total. The van der Waals surface area contributed by atoms with E-state index in [0.29, 0.717) is 0 Å². The van der Waals surface area contributed by atoms with Gasteiger partial charge in [0.05, 0.1) is 11.5 Å². The first-order valence-electron chi connectivity index (χ1n) is 7.73. The zero-order valence-electron chi connectivity index (χ0n) is 12.1. The van der Waals surface area contributed by atoms with Gasteiger partial charge in [0.25, 0.3) is 0 Å². The maximum atomic E-state index is 9.00. The smallest absolute Gasteiger partial charge is 0.0683 e. The van der Waals surface area contributed by atoms with Gasteiger partial charge in [-0.05, 0) is 70.8 Å². The molecule has 2 saturated carbocycles. The summed E-state index contributed by atoms with van der Waals surface area (Å²) < 4.78 is 0. The molecule has 0 aromatic carbocycles. The van der Waals surface area contributed by atoms with Gasteiger partial charge in [-0.1, -0.05) is 6.42 Å². The standard InChI is InChI=1S/C16H28N2/c1-16(2,13-17)9-3-4-10-18(11-14-5-6-14)12-15-7-8-15/h14-15H,3-12H2,1-2H3. The van der Waals surface area contributed by atoms with E-state index in [1.165, 1.54) is 58.2 Å². The molecule has 2 nitrogen and oxygen atoms in total. The Bertz CT molecular complexity index is 281. The van der Waals surface area contributed by atoms with Gasteiger partial charge in [-0.2, -0.15) is 5.26 Å². The average molecular weight is 248 g/mol. The Labute approximate surface area is 112 Å². The zero-order chi connectivity index (χ0) is 13.0. The Balaban J connectivity index is 1.60. The lowest BCUT2D eigenvalue weighted by molar-refractivity contribution is 0.243. The third-order valence-electron chi connectivity index (χ3n) is 4.26. The minimum Gasteiger partial charge on any atom is -0.303 e. The van der Waals surface area contributed by atoms with Crippen molar-refractivity contribution in [3.63, 3.8) is 0 Å². The first-order chi connectivity index (χ1) is 8.59. The lowest BCUT2D eigenvalue weighted by Crippen LogP contribution is -2.29. The van der Waals surface area contributed by atoms with E-state index in [-0.39, 0.29) is 5.41 Å². The molecule has 0 saturated heterocycles. The molecular weight excluding hydrogens is 220 g/mol. The Morgan fingerprint density at radius 3 is 2.06 bits per heavy atom. The van der Waals surface area contributed by atoms with E-state index in [1.807, 2.05) is 0 Å². The van der Waals surface area contributed by atoms with Gasteiger partial charge < -0.3 is 4.90 Å². The molecule has 102 valence electrons. The predicted molar refractivity (Wildman–Crippen MR) is 75.1 cm³/mol. The monoisotopic (exact) mass is 248 g/mol. The van der Waals surface area contributed by atoms with Crippen LogP contribution in [0.4, 0.5) is 0 Å². The summed E-state index contributed by atoms with van der Waals surface area (Å²) >= 11 is 0. The Morgan fingerprint density at radius 1 is 1.06 bits per heavy atom. The SMILES string of the molecule is CC(C)(C#N)CCCCN(CC1CC1)CC1CC1. The maximum Gasteiger partial charge on any atom is 0.0683 e. The zero-order valence-corrected chi connectivity index (χ0v) is 12.1. The average Bonchev–Trinajstić information content (AvgIpc) is 3.20. The third kappa shape index (κ3) is 5.40. The van der Waals surface area contributed by atoms with Crippen molar-refractivity contribution in [2.75, 3.05) is 19.6 Å². The molecule has 0 amide bonds. The molecule has 0 heterocycles. The number of nitrogens with zero attached hydrogens (tertiary/aromatic N) is 2. The van der Waals surface area contributed by atoms with Crippen LogP contribution in [0.15, 0.2) is 0 Å². The number of unbranched alkanes of at least 4 members (excludes halogenated alkanes) is 1. The highest BCUT2D eigenvalue weighted by atomic mass is 15.1. The summed E-state index contributed by atoms with van der Waals surface area (Å²) in [7, 11) is 0. The number of hydrogen-bond acceptors (Lipinski definition) is 2. The van der Waals surface area contributed by atoms with Crippen LogP contribution in [-0.4, -0.2) is 24.5 Å². The van der Waals surface area contributed by atoms with Crippen molar-refractivity contribution in [3.8, 4) is 6.07 Å². The number of rotatable bonds is 9. The van der Waals surface area contributed by atoms with Crippen molar-refractivity contribution in [2.45, 2.75) is 58.8 Å². The topological polar surface area (TPSA) is 27.0 Å². The van der Waals surface area contributed by atoms with Crippen molar-refractivity contribution < 1.29 is 0 Å². The molecule has 0 aliphatic heterocycles. The second-order valence-electron chi connectivity index (χ2n) is 7.10. The highest BCUT2D eigenvalue weighted by molar-refractivity contribution is 4.91. The molecule has 0 spiro atoms. The fourth-order valence-electron chi connectivity index (χ4n) is 2.55. The number of hydrogen-bond donors (Lipinski definition) is 0. The van der Waals surface area contributed by atoms with Gasteiger partial charge in [-0.25, -0.2) is 0 Å². The molecule has 2 fully saturated rings. The van der Waals surface area contributed by atoms with Gasteiger partial charge in [0.15, 0.2) is 0 Å². The summed E-state index contributed by atoms with van der Waals surface area (Å²) in [5.74, 6) is 2.03. The molecule has 0 radical (unpaired) electrons. The quantitative estimate of drug-likeness (QED) is 0.580. The van der Waals surface area contributed by atoms with Gasteiger partial charge >= 0.3 is 0 Å². The molecule has 0 atom stereocenters. The van der Waals surface area contributed by atoms with Gasteiger partial charge in [-0.3, -0.25) is 0 Å². The summed E-state index contributed by atoms with van der Waals surface area (Å²) in [6.45, 7) is 8.06. The molecule has 2 aliphatic rings. The van der Waals surface area contributed by atoms with Gasteiger partial charge in [0, 0.05) is 13.1 Å². The normalized spacial score (nSPS) is 20.1. The molecule has 2 aliphatic carbocycles. The minimum absolute atomic E-state index is 0.127. The molecule has 0 bridgehead atoms. The van der Waals surface area contributed by atoms with E-state index >= 15 is 0 Å². The van der Waals surface area contributed by atoms with Gasteiger partial charge in [0.2, 0.25) is 0 Å². The Morgan fingerprint density at radius 2 is 1.61 bits per heavy atom. The van der Waals surface area contributed by atoms with Crippen molar-refractivity contribution in [2.24, 2.45) is 17.3 Å². The molecular formula is C16H28N2. The highest BCUT2D eigenvalue weighted by Gasteiger charge is 2.28. The Kier molecular flexibility index (Phi) is 4.67. The van der Waals surface area contributed by atoms with Crippen LogP contribution in [0.1, 0.15) is 58.8 Å². The van der Waals surface area contributed by atoms with Crippen LogP contribution in [-0.2, 0) is 0 Å². The van der Waals surface area contributed by atoms with Crippen molar-refractivity contribution >= 4 is 0 Å². The summed E-state index contributed by atoms with van der Waals surface area (Å²) in [5.41, 5.74) is -0.127. The highest BCUT2D eigenvalue weighted by Crippen LogP contribution is 2.34. The fourth-order valence-corrected chi connectivity index (χ4v) is 2.55. The van der Waals surface area contributed by atoms with Crippen LogP contribution in [0, 0.1) is 28.6 Å². The summed E-state index contributed by atoms with van der Waals surface area (Å²) in [6.07, 6.45) is 9.36. The summed E-state index contributed by atoms with van der Waals surface area (Å²) in [5, 5.41) is 9.00. The van der Waals surface area contributed by atoms with E-state index in [0.717, 1.165) is 18.3 Å². The maximum absolute atomic E-state index is 9.00. The van der Waals surface area contributed by atoms with Crippen LogP contribution in [0.2, 0.25) is 0 Å². The third-order valence-corrected chi connectivity index (χ3v) is 4.26. The first-order valence-corrected chi connectivity index (χ1v) is 7.73. The predicted octanol–water partition coefficient (Wildman–Crippen LogP) is 3.83. The van der Waals surface area contributed by atoms with Gasteiger partial charge in [-0.15, -0.1) is 0 Å². The van der Waals surface area contributed by atoms with Gasteiger partial charge in [0.1, 0.15) is 0 Å². The molecule has 2 rings (SSSR count). The molecule has 0 unspecified atom stereocenters. The van der Waals surface area contributed by atoms with E-state index in [9.17, 15) is 0 Å². The van der Waals surface area contributed by atoms with E-state index in [2.05, 4.69) is 24.8 Å². The molecule has 0 aromatic rings. The largest absolute Gasteiger partial charge is 0.303 e. The van der Waals surface area contributed by atoms with Crippen molar-refractivity contribution in [1.82, 2.24) is 4.90 Å². The van der Waals surface area contributed by atoms with Crippen molar-refractivity contribution in [3.05, 3.63) is 0 Å². The van der Waals surface area contributed by atoms with Crippen LogP contribution < -0.4 is 0 Å². The van der Waals surface area contributed by atoms with Crippen LogP contribution in [0.25, 0.3) is 0 Å². The van der Waals surface area contributed by atoms with Crippen LogP contribution in [0.5, 0.6) is 0 Å². The first kappa shape index (κ1) is 13.9. The van der Waals surface area contributed by atoms with E-state index < -0.39 is 0 Å². The van der Waals surface area contributed by atoms with Crippen LogP contribution >= 0.6 is 0 Å². The van der Waals surface area contributed by atoms with E-state index in [4.69, 9.17) is 5.26 Å². The second kappa shape index (κ2) is 6.06. The lowest BCUT2D eigenvalue weighted by atomic mass is 9.89. The van der Waals surface area contributed by atoms with E-state index in [1.54, 1.807) is 0 Å². The fraction of sp³-hybridized carbons (Fsp3) is 0.938. The lowest BCUT2D eigenvalue weighted by Gasteiger charge is -2.23. The number of nitriles is 1. The summed E-state index contributed by atoms with van der Waals surface area (Å²) in [6, 6.07) is 2.40. The molecule has 18 heavy (non-hydrogen) atoms.